The van der Waals surface area contributed by atoms with Crippen molar-refractivity contribution in [3.63, 3.8) is 0 Å². The van der Waals surface area contributed by atoms with Crippen LogP contribution in [0.1, 0.15) is 25.7 Å². The Balaban J connectivity index is 1.40. The summed E-state index contributed by atoms with van der Waals surface area (Å²) >= 11 is 0. The fraction of sp³-hybridized carbons (Fsp3) is 0.318. The van der Waals surface area contributed by atoms with Gasteiger partial charge in [0.05, 0.1) is 5.69 Å². The molecule has 3 atom stereocenters. The average Bonchev–Trinajstić information content (AvgIpc) is 3.46. The molecule has 0 spiro atoms. The van der Waals surface area contributed by atoms with Crippen LogP contribution in [0.3, 0.4) is 0 Å². The first kappa shape index (κ1) is 16.2. The largest absolute Gasteiger partial charge is 0.325 e. The number of aromatic amines is 1. The molecule has 2 aliphatic carbocycles. The highest BCUT2D eigenvalue weighted by molar-refractivity contribution is 5.96. The summed E-state index contributed by atoms with van der Waals surface area (Å²) in [5, 5.41) is 10.5. The summed E-state index contributed by atoms with van der Waals surface area (Å²) in [6.07, 6.45) is 4.76. The molecule has 0 saturated heterocycles. The number of nitrogens with one attached hydrogen (secondary N) is 2. The molecule has 1 aromatic heterocycles. The first-order valence-electron chi connectivity index (χ1n) is 9.66. The highest BCUT2D eigenvalue weighted by atomic mass is 16.1. The van der Waals surface area contributed by atoms with E-state index in [0.29, 0.717) is 17.6 Å². The normalized spacial score (nSPS) is 23.5. The smallest absolute Gasteiger partial charge is 0.227 e. The van der Waals surface area contributed by atoms with Gasteiger partial charge >= 0.3 is 0 Å². The van der Waals surface area contributed by atoms with Crippen molar-refractivity contribution in [3.8, 4) is 22.8 Å². The molecule has 5 nitrogen and oxygen atoms in total. The predicted octanol–water partition coefficient (Wildman–Crippen LogP) is 4.51. The van der Waals surface area contributed by atoms with E-state index >= 15 is 0 Å². The number of amides is 1. The molecule has 1 amide bonds. The van der Waals surface area contributed by atoms with Crippen LogP contribution in [-0.4, -0.2) is 21.1 Å². The van der Waals surface area contributed by atoms with Crippen molar-refractivity contribution in [2.24, 2.45) is 17.8 Å². The Hall–Kier alpha value is -2.95. The Bertz CT molecular complexity index is 965. The molecule has 2 fully saturated rings. The van der Waals surface area contributed by atoms with E-state index in [1.165, 1.54) is 19.3 Å². The second-order valence-corrected chi connectivity index (χ2v) is 7.69. The Morgan fingerprint density at radius 3 is 2.59 bits per heavy atom. The molecule has 3 aromatic rings. The van der Waals surface area contributed by atoms with Crippen molar-refractivity contribution >= 4 is 11.6 Å². The monoisotopic (exact) mass is 358 g/mol. The van der Waals surface area contributed by atoms with Gasteiger partial charge < -0.3 is 5.32 Å². The number of benzene rings is 2. The third-order valence-electron chi connectivity index (χ3n) is 6.03. The van der Waals surface area contributed by atoms with Crippen LogP contribution in [0.4, 0.5) is 5.69 Å². The number of H-pyrrole nitrogens is 1. The van der Waals surface area contributed by atoms with Gasteiger partial charge in [0, 0.05) is 17.0 Å². The predicted molar refractivity (Wildman–Crippen MR) is 105 cm³/mol. The van der Waals surface area contributed by atoms with Gasteiger partial charge in [0.2, 0.25) is 5.91 Å². The summed E-state index contributed by atoms with van der Waals surface area (Å²) in [6, 6.07) is 17.7. The number of hydrogen-bond donors (Lipinski definition) is 2. The van der Waals surface area contributed by atoms with Gasteiger partial charge in [-0.2, -0.15) is 5.10 Å². The van der Waals surface area contributed by atoms with E-state index < -0.39 is 0 Å². The number of hydrogen-bond acceptors (Lipinski definition) is 3. The van der Waals surface area contributed by atoms with Crippen LogP contribution < -0.4 is 5.32 Å². The van der Waals surface area contributed by atoms with Crippen LogP contribution in [0.2, 0.25) is 0 Å². The van der Waals surface area contributed by atoms with E-state index in [-0.39, 0.29) is 11.8 Å². The molecule has 2 N–H and O–H groups in total. The van der Waals surface area contributed by atoms with E-state index in [9.17, 15) is 4.79 Å². The molecular weight excluding hydrogens is 336 g/mol. The second kappa shape index (κ2) is 6.65. The molecule has 136 valence electrons. The van der Waals surface area contributed by atoms with Crippen LogP contribution in [0.5, 0.6) is 0 Å². The number of nitrogens with zero attached hydrogens (tertiary/aromatic N) is 2. The van der Waals surface area contributed by atoms with E-state index in [2.05, 4.69) is 20.5 Å². The number of fused-ring (bicyclic) bond motifs is 2. The maximum absolute atomic E-state index is 12.9. The van der Waals surface area contributed by atoms with E-state index in [1.54, 1.807) is 0 Å². The lowest BCUT2D eigenvalue weighted by Gasteiger charge is -2.21. The Labute approximate surface area is 158 Å². The van der Waals surface area contributed by atoms with Crippen molar-refractivity contribution in [1.29, 1.82) is 0 Å². The van der Waals surface area contributed by atoms with E-state index in [0.717, 1.165) is 29.2 Å². The van der Waals surface area contributed by atoms with Crippen LogP contribution in [0, 0.1) is 17.8 Å². The van der Waals surface area contributed by atoms with E-state index in [1.807, 2.05) is 54.6 Å². The van der Waals surface area contributed by atoms with Gasteiger partial charge in [0.25, 0.3) is 0 Å². The van der Waals surface area contributed by atoms with Gasteiger partial charge in [-0.25, -0.2) is 4.98 Å². The number of aromatic nitrogens is 3. The standard InChI is InChI=1S/C22H22N4O/c27-22(18-13-14-10-11-16(18)12-14)23-19-9-5-4-8-17(19)21-24-20(25-26-21)15-6-2-1-3-7-15/h1-9,14,16,18H,10-13H2,(H,23,27)(H,24,25,26). The van der Waals surface area contributed by atoms with Gasteiger partial charge in [-0.05, 0) is 43.2 Å². The van der Waals surface area contributed by atoms with Crippen molar-refractivity contribution in [3.05, 3.63) is 54.6 Å². The molecule has 5 rings (SSSR count). The van der Waals surface area contributed by atoms with Crippen LogP contribution in [-0.2, 0) is 4.79 Å². The lowest BCUT2D eigenvalue weighted by molar-refractivity contribution is -0.121. The Morgan fingerprint density at radius 2 is 1.81 bits per heavy atom. The third-order valence-corrected chi connectivity index (χ3v) is 6.03. The zero-order valence-electron chi connectivity index (χ0n) is 15.1. The van der Waals surface area contributed by atoms with Crippen LogP contribution in [0.15, 0.2) is 54.6 Å². The number of carbonyl (C=O) groups is 1. The molecule has 0 radical (unpaired) electrons. The van der Waals surface area contributed by atoms with Crippen LogP contribution in [0.25, 0.3) is 22.8 Å². The summed E-state index contributed by atoms with van der Waals surface area (Å²) in [5.74, 6) is 2.95. The zero-order valence-corrected chi connectivity index (χ0v) is 15.1. The Kier molecular flexibility index (Phi) is 4.00. The minimum atomic E-state index is 0.150. The number of anilines is 1. The molecule has 5 heteroatoms. The molecule has 2 saturated carbocycles. The van der Waals surface area contributed by atoms with Crippen LogP contribution >= 0.6 is 0 Å². The summed E-state index contributed by atoms with van der Waals surface area (Å²) in [4.78, 5) is 17.5. The molecule has 0 aliphatic heterocycles. The number of para-hydroxylation sites is 1. The highest BCUT2D eigenvalue weighted by Crippen LogP contribution is 2.48. The Morgan fingerprint density at radius 1 is 1.00 bits per heavy atom. The summed E-state index contributed by atoms with van der Waals surface area (Å²) < 4.78 is 0. The van der Waals surface area contributed by atoms with Crippen molar-refractivity contribution in [2.45, 2.75) is 25.7 Å². The first-order chi connectivity index (χ1) is 13.3. The maximum Gasteiger partial charge on any atom is 0.227 e. The van der Waals surface area contributed by atoms with Crippen molar-refractivity contribution in [1.82, 2.24) is 15.2 Å². The molecule has 2 aliphatic rings. The average molecular weight is 358 g/mol. The quantitative estimate of drug-likeness (QED) is 0.721. The fourth-order valence-electron chi connectivity index (χ4n) is 4.69. The zero-order chi connectivity index (χ0) is 18.2. The molecule has 1 heterocycles. The van der Waals surface area contributed by atoms with Gasteiger partial charge in [-0.1, -0.05) is 48.9 Å². The number of rotatable bonds is 4. The molecule has 27 heavy (non-hydrogen) atoms. The topological polar surface area (TPSA) is 70.7 Å². The summed E-state index contributed by atoms with van der Waals surface area (Å²) in [6.45, 7) is 0. The van der Waals surface area contributed by atoms with Gasteiger partial charge in [-0.15, -0.1) is 0 Å². The van der Waals surface area contributed by atoms with Crippen molar-refractivity contribution < 1.29 is 4.79 Å². The van der Waals surface area contributed by atoms with Gasteiger partial charge in [-0.3, -0.25) is 9.89 Å². The van der Waals surface area contributed by atoms with E-state index in [4.69, 9.17) is 0 Å². The minimum Gasteiger partial charge on any atom is -0.325 e. The molecular formula is C22H22N4O. The highest BCUT2D eigenvalue weighted by Gasteiger charge is 2.43. The SMILES string of the molecule is O=C(Nc1ccccc1-c1nc(-c2ccccc2)n[nH]1)C1CC2CCC1C2. The minimum absolute atomic E-state index is 0.150. The summed E-state index contributed by atoms with van der Waals surface area (Å²) in [5.41, 5.74) is 2.62. The maximum atomic E-state index is 12.9. The van der Waals surface area contributed by atoms with Gasteiger partial charge in [0.1, 0.15) is 0 Å². The fourth-order valence-corrected chi connectivity index (χ4v) is 4.69. The molecule has 3 unspecified atom stereocenters. The third kappa shape index (κ3) is 3.03. The summed E-state index contributed by atoms with van der Waals surface area (Å²) in [7, 11) is 0. The lowest BCUT2D eigenvalue weighted by Crippen LogP contribution is -2.27. The van der Waals surface area contributed by atoms with Crippen molar-refractivity contribution in [2.75, 3.05) is 5.32 Å². The second-order valence-electron chi connectivity index (χ2n) is 7.69. The van der Waals surface area contributed by atoms with Gasteiger partial charge in [0.15, 0.2) is 11.6 Å². The molecule has 2 aromatic carbocycles. The number of carbonyl (C=O) groups excluding carboxylic acids is 1. The lowest BCUT2D eigenvalue weighted by atomic mass is 9.88. The first-order valence-corrected chi connectivity index (χ1v) is 9.66. The molecule has 2 bridgehead atoms.